The standard InChI is InChI=1S/C41H33NO5/c1-45-31-20-14-28(15-21-31)36-34(26-10-6-4-7-11-26)37(40(43)29-16-22-32(46-2)23-17-29)35(27-12-8-5-9-13-27)38(39(36)42)41(44)30-18-24-33(47-3)25-19-30/h4-25H,42H2,1-3H3. The van der Waals surface area contributed by atoms with Gasteiger partial charge in [-0.3, -0.25) is 9.59 Å². The van der Waals surface area contributed by atoms with Crippen LogP contribution in [0.5, 0.6) is 17.2 Å². The van der Waals surface area contributed by atoms with Crippen molar-refractivity contribution in [1.29, 1.82) is 0 Å². The normalized spacial score (nSPS) is 10.7. The molecule has 0 unspecified atom stereocenters. The fraction of sp³-hybridized carbons (Fsp3) is 0.0732. The van der Waals surface area contributed by atoms with E-state index in [0.717, 1.165) is 11.1 Å². The SMILES string of the molecule is COc1ccc(C(=O)c2c(N)c(-c3ccc(OC)cc3)c(-c3ccccc3)c(C(=O)c3ccc(OC)cc3)c2-c2ccccc2)cc1. The summed E-state index contributed by atoms with van der Waals surface area (Å²) in [6, 6.07) is 40.4. The van der Waals surface area contributed by atoms with Crippen LogP contribution in [0.25, 0.3) is 33.4 Å². The minimum Gasteiger partial charge on any atom is -0.497 e. The first-order chi connectivity index (χ1) is 22.9. The maximum Gasteiger partial charge on any atom is 0.195 e. The molecular formula is C41H33NO5. The minimum absolute atomic E-state index is 0.240. The molecule has 6 aromatic rings. The molecule has 2 N–H and O–H groups in total. The van der Waals surface area contributed by atoms with E-state index in [0.29, 0.717) is 56.2 Å². The Morgan fingerprint density at radius 1 is 0.426 bits per heavy atom. The Morgan fingerprint density at radius 2 is 0.787 bits per heavy atom. The smallest absolute Gasteiger partial charge is 0.195 e. The number of carbonyl (C=O) groups is 2. The number of rotatable bonds is 10. The quantitative estimate of drug-likeness (QED) is 0.122. The van der Waals surface area contributed by atoms with E-state index in [1.807, 2.05) is 84.9 Å². The van der Waals surface area contributed by atoms with Gasteiger partial charge in [-0.05, 0) is 77.4 Å². The number of carbonyl (C=O) groups excluding carboxylic acids is 2. The van der Waals surface area contributed by atoms with Gasteiger partial charge in [0.25, 0.3) is 0 Å². The van der Waals surface area contributed by atoms with Gasteiger partial charge in [-0.25, -0.2) is 0 Å². The van der Waals surface area contributed by atoms with E-state index in [1.54, 1.807) is 69.9 Å². The molecule has 6 rings (SSSR count). The van der Waals surface area contributed by atoms with Gasteiger partial charge in [-0.1, -0.05) is 72.8 Å². The molecule has 0 amide bonds. The highest BCUT2D eigenvalue weighted by molar-refractivity contribution is 6.27. The largest absolute Gasteiger partial charge is 0.497 e. The van der Waals surface area contributed by atoms with Crippen LogP contribution in [0.4, 0.5) is 5.69 Å². The predicted octanol–water partition coefficient (Wildman–Crippen LogP) is 8.76. The molecule has 0 radical (unpaired) electrons. The molecule has 0 aromatic heterocycles. The molecule has 0 aliphatic rings. The van der Waals surface area contributed by atoms with Crippen LogP contribution in [0.1, 0.15) is 31.8 Å². The lowest BCUT2D eigenvalue weighted by Crippen LogP contribution is -2.16. The second-order valence-corrected chi connectivity index (χ2v) is 10.9. The van der Waals surface area contributed by atoms with Crippen molar-refractivity contribution in [2.45, 2.75) is 0 Å². The number of hydrogen-bond donors (Lipinski definition) is 1. The molecule has 0 bridgehead atoms. The zero-order chi connectivity index (χ0) is 32.9. The van der Waals surface area contributed by atoms with Crippen LogP contribution in [0.3, 0.4) is 0 Å². The summed E-state index contributed by atoms with van der Waals surface area (Å²) in [6.07, 6.45) is 0. The van der Waals surface area contributed by atoms with Gasteiger partial charge in [0.2, 0.25) is 0 Å². The zero-order valence-corrected chi connectivity index (χ0v) is 26.3. The second kappa shape index (κ2) is 13.5. The number of nitrogens with two attached hydrogens (primary N) is 1. The zero-order valence-electron chi connectivity index (χ0n) is 26.3. The molecule has 0 aliphatic carbocycles. The number of anilines is 1. The third kappa shape index (κ3) is 5.97. The molecule has 0 saturated carbocycles. The van der Waals surface area contributed by atoms with E-state index in [1.165, 1.54) is 0 Å². The topological polar surface area (TPSA) is 87.9 Å². The molecule has 0 heterocycles. The summed E-state index contributed by atoms with van der Waals surface area (Å²) < 4.78 is 16.2. The number of nitrogen functional groups attached to an aromatic ring is 1. The van der Waals surface area contributed by atoms with E-state index in [2.05, 4.69) is 0 Å². The van der Waals surface area contributed by atoms with Crippen molar-refractivity contribution >= 4 is 17.3 Å². The number of benzene rings is 6. The second-order valence-electron chi connectivity index (χ2n) is 10.9. The summed E-state index contributed by atoms with van der Waals surface area (Å²) in [7, 11) is 4.75. The Hall–Kier alpha value is -6.14. The minimum atomic E-state index is -0.317. The lowest BCUT2D eigenvalue weighted by Gasteiger charge is -2.25. The summed E-state index contributed by atoms with van der Waals surface area (Å²) in [5, 5.41) is 0. The van der Waals surface area contributed by atoms with Crippen LogP contribution < -0.4 is 19.9 Å². The fourth-order valence-corrected chi connectivity index (χ4v) is 5.85. The van der Waals surface area contributed by atoms with Crippen LogP contribution in [-0.4, -0.2) is 32.9 Å². The summed E-state index contributed by atoms with van der Waals surface area (Å²) in [5.74, 6) is 1.33. The highest BCUT2D eigenvalue weighted by Gasteiger charge is 2.32. The number of ketones is 2. The lowest BCUT2D eigenvalue weighted by molar-refractivity contribution is 0.103. The van der Waals surface area contributed by atoms with Crippen molar-refractivity contribution in [1.82, 2.24) is 0 Å². The van der Waals surface area contributed by atoms with Crippen LogP contribution >= 0.6 is 0 Å². The van der Waals surface area contributed by atoms with E-state index >= 15 is 0 Å². The maximum absolute atomic E-state index is 15.0. The van der Waals surface area contributed by atoms with Crippen molar-refractivity contribution in [3.05, 3.63) is 156 Å². The van der Waals surface area contributed by atoms with Gasteiger partial charge >= 0.3 is 0 Å². The summed E-state index contributed by atoms with van der Waals surface area (Å²) in [4.78, 5) is 29.7. The Bertz CT molecular complexity index is 2040. The van der Waals surface area contributed by atoms with Gasteiger partial charge in [0.05, 0.1) is 32.6 Å². The van der Waals surface area contributed by atoms with Gasteiger partial charge in [0.1, 0.15) is 17.2 Å². The van der Waals surface area contributed by atoms with Crippen molar-refractivity contribution < 1.29 is 23.8 Å². The average Bonchev–Trinajstić information content (AvgIpc) is 3.14. The van der Waals surface area contributed by atoms with Crippen molar-refractivity contribution in [3.63, 3.8) is 0 Å². The van der Waals surface area contributed by atoms with E-state index in [4.69, 9.17) is 19.9 Å². The Labute approximate surface area is 274 Å². The summed E-state index contributed by atoms with van der Waals surface area (Å²) >= 11 is 0. The first kappa shape index (κ1) is 30.9. The summed E-state index contributed by atoms with van der Waals surface area (Å²) in [5.41, 5.74) is 12.8. The molecule has 232 valence electrons. The van der Waals surface area contributed by atoms with Gasteiger partial charge in [0, 0.05) is 33.4 Å². The molecule has 0 aliphatic heterocycles. The first-order valence-corrected chi connectivity index (χ1v) is 15.1. The van der Waals surface area contributed by atoms with Crippen LogP contribution in [-0.2, 0) is 0 Å². The maximum atomic E-state index is 15.0. The molecule has 0 atom stereocenters. The third-order valence-electron chi connectivity index (χ3n) is 8.20. The van der Waals surface area contributed by atoms with Gasteiger partial charge in [-0.15, -0.1) is 0 Å². The van der Waals surface area contributed by atoms with Crippen LogP contribution in [0.2, 0.25) is 0 Å². The number of ether oxygens (including phenoxy) is 3. The fourth-order valence-electron chi connectivity index (χ4n) is 5.85. The van der Waals surface area contributed by atoms with Crippen molar-refractivity contribution in [3.8, 4) is 50.6 Å². The predicted molar refractivity (Wildman–Crippen MR) is 187 cm³/mol. The van der Waals surface area contributed by atoms with Gasteiger partial charge in [-0.2, -0.15) is 0 Å². The third-order valence-corrected chi connectivity index (χ3v) is 8.20. The van der Waals surface area contributed by atoms with Crippen LogP contribution in [0.15, 0.2) is 133 Å². The molecule has 0 fully saturated rings. The molecule has 6 aromatic carbocycles. The molecule has 0 spiro atoms. The Kier molecular flexibility index (Phi) is 8.84. The number of hydrogen-bond acceptors (Lipinski definition) is 6. The van der Waals surface area contributed by atoms with Gasteiger partial charge < -0.3 is 19.9 Å². The highest BCUT2D eigenvalue weighted by atomic mass is 16.5. The van der Waals surface area contributed by atoms with Crippen molar-refractivity contribution in [2.75, 3.05) is 27.1 Å². The monoisotopic (exact) mass is 619 g/mol. The van der Waals surface area contributed by atoms with E-state index < -0.39 is 0 Å². The van der Waals surface area contributed by atoms with Crippen molar-refractivity contribution in [2.24, 2.45) is 0 Å². The molecule has 47 heavy (non-hydrogen) atoms. The molecular weight excluding hydrogens is 586 g/mol. The lowest BCUT2D eigenvalue weighted by atomic mass is 9.77. The summed E-state index contributed by atoms with van der Waals surface area (Å²) in [6.45, 7) is 0. The first-order valence-electron chi connectivity index (χ1n) is 15.1. The highest BCUT2D eigenvalue weighted by Crippen LogP contribution is 2.48. The van der Waals surface area contributed by atoms with E-state index in [-0.39, 0.29) is 22.8 Å². The molecule has 6 nitrogen and oxygen atoms in total. The average molecular weight is 620 g/mol. The van der Waals surface area contributed by atoms with Gasteiger partial charge in [0.15, 0.2) is 11.6 Å². The number of methoxy groups -OCH3 is 3. The molecule has 0 saturated heterocycles. The van der Waals surface area contributed by atoms with Crippen LogP contribution in [0, 0.1) is 0 Å². The van der Waals surface area contributed by atoms with E-state index in [9.17, 15) is 9.59 Å². The Balaban J connectivity index is 1.79. The Morgan fingerprint density at radius 3 is 1.21 bits per heavy atom. The molecule has 6 heteroatoms.